The second-order valence-corrected chi connectivity index (χ2v) is 4.39. The van der Waals surface area contributed by atoms with Crippen LogP contribution in [0, 0.1) is 22.4 Å². The lowest BCUT2D eigenvalue weighted by Crippen LogP contribution is -2.16. The van der Waals surface area contributed by atoms with E-state index >= 15 is 0 Å². The number of hydrogen-bond donors (Lipinski definition) is 2. The Labute approximate surface area is 121 Å². The number of amidine groups is 1. The molecule has 108 valence electrons. The van der Waals surface area contributed by atoms with Crippen LogP contribution in [0.4, 0.5) is 5.69 Å². The first-order valence-corrected chi connectivity index (χ1v) is 6.15. The first-order valence-electron chi connectivity index (χ1n) is 6.15. The first-order chi connectivity index (χ1) is 10.0. The molecule has 0 bridgehead atoms. The molecule has 2 aromatic rings. The van der Waals surface area contributed by atoms with Gasteiger partial charge in [-0.1, -0.05) is 18.2 Å². The molecule has 0 aliphatic rings. The number of nitrogens with one attached hydrogen (secondary N) is 1. The number of nitrogens with zero attached hydrogens (tertiary/aromatic N) is 2. The van der Waals surface area contributed by atoms with E-state index < -0.39 is 4.92 Å². The van der Waals surface area contributed by atoms with Gasteiger partial charge in [0.15, 0.2) is 5.75 Å². The number of pyridine rings is 1. The van der Waals surface area contributed by atoms with Crippen LogP contribution in [0.25, 0.3) is 0 Å². The van der Waals surface area contributed by atoms with Gasteiger partial charge in [0.25, 0.3) is 0 Å². The standard InChI is InChI=1S/C14H14N4O3/c1-9-4-2-6-11(13(9)18(19)20)21-8-10-5-3-7-17-12(10)14(15)16/h2-7H,8H2,1H3,(H3,15,16). The quantitative estimate of drug-likeness (QED) is 0.378. The first kappa shape index (κ1) is 14.4. The van der Waals surface area contributed by atoms with Crippen molar-refractivity contribution in [2.24, 2.45) is 5.73 Å². The lowest BCUT2D eigenvalue weighted by atomic mass is 10.1. The fraction of sp³-hybridized carbons (Fsp3) is 0.143. The maximum Gasteiger partial charge on any atom is 0.313 e. The molecule has 0 radical (unpaired) electrons. The molecule has 0 amide bonds. The molecular formula is C14H14N4O3. The summed E-state index contributed by atoms with van der Waals surface area (Å²) in [5.41, 5.74) is 6.81. The van der Waals surface area contributed by atoms with Crippen molar-refractivity contribution in [3.63, 3.8) is 0 Å². The number of ether oxygens (including phenoxy) is 1. The smallest absolute Gasteiger partial charge is 0.313 e. The molecule has 2 rings (SSSR count). The van der Waals surface area contributed by atoms with Gasteiger partial charge in [-0.05, 0) is 19.1 Å². The maximum absolute atomic E-state index is 11.1. The maximum atomic E-state index is 11.1. The van der Waals surface area contributed by atoms with E-state index in [4.69, 9.17) is 15.9 Å². The second-order valence-electron chi connectivity index (χ2n) is 4.39. The number of benzene rings is 1. The average molecular weight is 286 g/mol. The zero-order valence-electron chi connectivity index (χ0n) is 11.4. The van der Waals surface area contributed by atoms with Gasteiger partial charge in [-0.3, -0.25) is 20.5 Å². The molecule has 0 aliphatic carbocycles. The average Bonchev–Trinajstić information content (AvgIpc) is 2.44. The summed E-state index contributed by atoms with van der Waals surface area (Å²) >= 11 is 0. The second kappa shape index (κ2) is 6.00. The van der Waals surface area contributed by atoms with Crippen LogP contribution >= 0.6 is 0 Å². The van der Waals surface area contributed by atoms with E-state index in [9.17, 15) is 10.1 Å². The zero-order valence-corrected chi connectivity index (χ0v) is 11.4. The number of para-hydroxylation sites is 1. The molecule has 3 N–H and O–H groups in total. The van der Waals surface area contributed by atoms with Gasteiger partial charge in [0.1, 0.15) is 18.1 Å². The van der Waals surface area contributed by atoms with Gasteiger partial charge >= 0.3 is 5.69 Å². The monoisotopic (exact) mass is 286 g/mol. The number of hydrogen-bond acceptors (Lipinski definition) is 5. The summed E-state index contributed by atoms with van der Waals surface area (Å²) in [5.74, 6) is 0.00583. The third-order valence-electron chi connectivity index (χ3n) is 2.91. The van der Waals surface area contributed by atoms with Crippen LogP contribution < -0.4 is 10.5 Å². The molecule has 0 atom stereocenters. The fourth-order valence-electron chi connectivity index (χ4n) is 1.94. The Morgan fingerprint density at radius 1 is 1.43 bits per heavy atom. The largest absolute Gasteiger partial charge is 0.482 e. The van der Waals surface area contributed by atoms with E-state index in [-0.39, 0.29) is 23.9 Å². The fourth-order valence-corrected chi connectivity index (χ4v) is 1.94. The van der Waals surface area contributed by atoms with Crippen LogP contribution in [0.15, 0.2) is 36.5 Å². The molecule has 0 saturated heterocycles. The van der Waals surface area contributed by atoms with Crippen LogP contribution in [-0.4, -0.2) is 15.7 Å². The summed E-state index contributed by atoms with van der Waals surface area (Å²) in [5, 5.41) is 18.5. The van der Waals surface area contributed by atoms with Crippen molar-refractivity contribution in [3.8, 4) is 5.75 Å². The predicted molar refractivity (Wildman–Crippen MR) is 77.4 cm³/mol. The molecule has 1 heterocycles. The van der Waals surface area contributed by atoms with E-state index in [1.165, 1.54) is 12.3 Å². The number of aryl methyl sites for hydroxylation is 1. The summed E-state index contributed by atoms with van der Waals surface area (Å²) in [6, 6.07) is 8.28. The Balaban J connectivity index is 2.28. The number of aromatic nitrogens is 1. The minimum Gasteiger partial charge on any atom is -0.482 e. The summed E-state index contributed by atoms with van der Waals surface area (Å²) < 4.78 is 5.52. The third-order valence-corrected chi connectivity index (χ3v) is 2.91. The molecule has 0 fully saturated rings. The van der Waals surface area contributed by atoms with Crippen molar-refractivity contribution in [2.45, 2.75) is 13.5 Å². The number of nitro groups is 1. The Kier molecular flexibility index (Phi) is 4.13. The van der Waals surface area contributed by atoms with Gasteiger partial charge < -0.3 is 10.5 Å². The van der Waals surface area contributed by atoms with Crippen LogP contribution in [0.3, 0.4) is 0 Å². The summed E-state index contributed by atoms with van der Waals surface area (Å²) in [6.45, 7) is 1.70. The Bertz CT molecular complexity index is 700. The van der Waals surface area contributed by atoms with E-state index in [2.05, 4.69) is 4.98 Å². The van der Waals surface area contributed by atoms with Gasteiger partial charge in [0.05, 0.1) is 4.92 Å². The predicted octanol–water partition coefficient (Wildman–Crippen LogP) is 2.16. The van der Waals surface area contributed by atoms with Crippen molar-refractivity contribution >= 4 is 11.5 Å². The van der Waals surface area contributed by atoms with Crippen molar-refractivity contribution in [3.05, 3.63) is 63.5 Å². The van der Waals surface area contributed by atoms with Gasteiger partial charge in [-0.15, -0.1) is 0 Å². The molecule has 0 aliphatic heterocycles. The summed E-state index contributed by atoms with van der Waals surface area (Å²) in [4.78, 5) is 14.6. The Morgan fingerprint density at radius 2 is 2.19 bits per heavy atom. The Morgan fingerprint density at radius 3 is 2.86 bits per heavy atom. The molecule has 21 heavy (non-hydrogen) atoms. The van der Waals surface area contributed by atoms with Crippen LogP contribution in [0.2, 0.25) is 0 Å². The number of rotatable bonds is 5. The molecule has 0 saturated carbocycles. The highest BCUT2D eigenvalue weighted by atomic mass is 16.6. The molecular weight excluding hydrogens is 272 g/mol. The summed E-state index contributed by atoms with van der Waals surface area (Å²) in [7, 11) is 0. The van der Waals surface area contributed by atoms with E-state index in [1.54, 1.807) is 31.2 Å². The summed E-state index contributed by atoms with van der Waals surface area (Å²) in [6.07, 6.45) is 1.52. The minimum atomic E-state index is -0.472. The molecule has 7 nitrogen and oxygen atoms in total. The van der Waals surface area contributed by atoms with E-state index in [0.29, 0.717) is 16.8 Å². The van der Waals surface area contributed by atoms with Crippen LogP contribution in [-0.2, 0) is 6.61 Å². The topological polar surface area (TPSA) is 115 Å². The SMILES string of the molecule is Cc1cccc(OCc2cccnc2C(=N)N)c1[N+](=O)[O-]. The molecule has 0 spiro atoms. The number of nitrogens with two attached hydrogens (primary N) is 1. The van der Waals surface area contributed by atoms with Crippen molar-refractivity contribution in [2.75, 3.05) is 0 Å². The van der Waals surface area contributed by atoms with Crippen LogP contribution in [0.1, 0.15) is 16.8 Å². The van der Waals surface area contributed by atoms with E-state index in [1.807, 2.05) is 0 Å². The van der Waals surface area contributed by atoms with Crippen molar-refractivity contribution < 1.29 is 9.66 Å². The number of nitro benzene ring substituents is 1. The zero-order chi connectivity index (χ0) is 15.4. The highest BCUT2D eigenvalue weighted by Gasteiger charge is 2.18. The highest BCUT2D eigenvalue weighted by molar-refractivity contribution is 5.94. The lowest BCUT2D eigenvalue weighted by molar-refractivity contribution is -0.386. The highest BCUT2D eigenvalue weighted by Crippen LogP contribution is 2.30. The van der Waals surface area contributed by atoms with Crippen LogP contribution in [0.5, 0.6) is 5.75 Å². The van der Waals surface area contributed by atoms with E-state index in [0.717, 1.165) is 0 Å². The van der Waals surface area contributed by atoms with Gasteiger partial charge in [-0.25, -0.2) is 0 Å². The van der Waals surface area contributed by atoms with Gasteiger partial charge in [-0.2, -0.15) is 0 Å². The third kappa shape index (κ3) is 3.14. The molecule has 0 unspecified atom stereocenters. The Hall–Kier alpha value is -2.96. The molecule has 7 heteroatoms. The number of nitrogen functional groups attached to an aromatic ring is 1. The molecule has 1 aromatic heterocycles. The normalized spacial score (nSPS) is 10.1. The minimum absolute atomic E-state index is 0.0487. The lowest BCUT2D eigenvalue weighted by Gasteiger charge is -2.10. The van der Waals surface area contributed by atoms with Gasteiger partial charge in [0, 0.05) is 17.3 Å². The molecule has 1 aromatic carbocycles. The van der Waals surface area contributed by atoms with Gasteiger partial charge in [0.2, 0.25) is 0 Å². The van der Waals surface area contributed by atoms with Crippen molar-refractivity contribution in [1.82, 2.24) is 4.98 Å². The van der Waals surface area contributed by atoms with Crippen molar-refractivity contribution in [1.29, 1.82) is 5.41 Å².